The van der Waals surface area contributed by atoms with Crippen LogP contribution in [0.15, 0.2) is 0 Å². The first-order chi connectivity index (χ1) is 12.9. The molecule has 6 heteroatoms. The largest absolute Gasteiger partial charge is 1.00 e. The fourth-order valence-corrected chi connectivity index (χ4v) is 4.39. The molecular weight excluding hydrogens is 383 g/mol. The van der Waals surface area contributed by atoms with Gasteiger partial charge in [0.15, 0.2) is 4.93 Å². The van der Waals surface area contributed by atoms with E-state index in [0.717, 1.165) is 25.7 Å². The molecule has 0 bridgehead atoms. The van der Waals surface area contributed by atoms with Gasteiger partial charge in [-0.2, -0.15) is 0 Å². The van der Waals surface area contributed by atoms with Crippen LogP contribution < -0.4 is 29.6 Å². The number of rotatable bonds is 20. The van der Waals surface area contributed by atoms with Crippen LogP contribution in [0, 0.1) is 0 Å². The number of aliphatic hydroxyl groups is 1. The van der Waals surface area contributed by atoms with Crippen LogP contribution >= 0.6 is 0 Å². The molecule has 0 aliphatic carbocycles. The van der Waals surface area contributed by atoms with Crippen molar-refractivity contribution in [1.82, 2.24) is 0 Å². The van der Waals surface area contributed by atoms with Crippen LogP contribution in [0.2, 0.25) is 0 Å². The van der Waals surface area contributed by atoms with E-state index in [1.54, 1.807) is 0 Å². The fourth-order valence-electron chi connectivity index (χ4n) is 3.60. The van der Waals surface area contributed by atoms with E-state index in [0.29, 0.717) is 12.8 Å². The van der Waals surface area contributed by atoms with Crippen molar-refractivity contribution in [3.8, 4) is 0 Å². The second-order valence-corrected chi connectivity index (χ2v) is 9.87. The summed E-state index contributed by atoms with van der Waals surface area (Å²) in [5, 5.41) is 10.2. The maximum absolute atomic E-state index is 11.3. The Bertz CT molecular complexity index is 428. The van der Waals surface area contributed by atoms with E-state index >= 15 is 0 Å². The summed E-state index contributed by atoms with van der Waals surface area (Å²) in [5.41, 5.74) is 0. The first kappa shape index (κ1) is 31.1. The Morgan fingerprint density at radius 1 is 0.607 bits per heavy atom. The van der Waals surface area contributed by atoms with Gasteiger partial charge < -0.3 is 9.66 Å². The van der Waals surface area contributed by atoms with Crippen LogP contribution in [0.25, 0.3) is 0 Å². The predicted octanol–water partition coefficient (Wildman–Crippen LogP) is 3.68. The third-order valence-electron chi connectivity index (χ3n) is 5.56. The zero-order chi connectivity index (χ0) is 20.4. The Hall–Kier alpha value is 0.870. The Morgan fingerprint density at radius 3 is 1.21 bits per heavy atom. The molecule has 0 aromatic rings. The van der Waals surface area contributed by atoms with Crippen LogP contribution in [0.4, 0.5) is 0 Å². The molecule has 1 N–H and O–H groups in total. The first-order valence-electron chi connectivity index (χ1n) is 11.5. The van der Waals surface area contributed by atoms with Crippen molar-refractivity contribution in [1.29, 1.82) is 0 Å². The quantitative estimate of drug-likeness (QED) is 0.182. The number of hydrogen-bond donors (Lipinski definition) is 1. The Labute approximate surface area is 197 Å². The van der Waals surface area contributed by atoms with Crippen LogP contribution in [-0.2, 0) is 10.1 Å². The van der Waals surface area contributed by atoms with Crippen molar-refractivity contribution < 1.29 is 47.6 Å². The van der Waals surface area contributed by atoms with Gasteiger partial charge in [0.2, 0.25) is 0 Å². The van der Waals surface area contributed by atoms with Gasteiger partial charge in [0.1, 0.15) is 10.1 Å². The maximum Gasteiger partial charge on any atom is 1.00 e. The molecule has 0 aliphatic rings. The van der Waals surface area contributed by atoms with Crippen molar-refractivity contribution >= 4 is 10.1 Å². The van der Waals surface area contributed by atoms with Crippen molar-refractivity contribution in [3.63, 3.8) is 0 Å². The van der Waals surface area contributed by atoms with Gasteiger partial charge in [-0.3, -0.25) is 0 Å². The molecule has 0 radical (unpaired) electrons. The predicted molar refractivity (Wildman–Crippen MR) is 114 cm³/mol. The van der Waals surface area contributed by atoms with E-state index in [2.05, 4.69) is 6.92 Å². The fraction of sp³-hybridized carbons (Fsp3) is 1.00. The summed E-state index contributed by atoms with van der Waals surface area (Å²) < 4.78 is 34.0. The van der Waals surface area contributed by atoms with Crippen molar-refractivity contribution in [3.05, 3.63) is 0 Å². The molecule has 28 heavy (non-hydrogen) atoms. The van der Waals surface area contributed by atoms with Crippen LogP contribution in [0.1, 0.15) is 136 Å². The van der Waals surface area contributed by atoms with E-state index in [1.165, 1.54) is 70.6 Å². The molecule has 0 amide bonds. The third-order valence-corrected chi connectivity index (χ3v) is 6.90. The van der Waals surface area contributed by atoms with Gasteiger partial charge in [-0.25, -0.2) is 8.42 Å². The monoisotopic (exact) mass is 428 g/mol. The third kappa shape index (κ3) is 16.6. The molecule has 4 nitrogen and oxygen atoms in total. The Balaban J connectivity index is 0. The van der Waals surface area contributed by atoms with E-state index in [4.69, 9.17) is 0 Å². The summed E-state index contributed by atoms with van der Waals surface area (Å²) in [6.07, 6.45) is 20.0. The van der Waals surface area contributed by atoms with E-state index in [9.17, 15) is 18.1 Å². The van der Waals surface area contributed by atoms with Crippen molar-refractivity contribution in [2.45, 2.75) is 141 Å². The zero-order valence-electron chi connectivity index (χ0n) is 19.0. The molecule has 0 rings (SSSR count). The molecule has 164 valence electrons. The van der Waals surface area contributed by atoms with Crippen molar-refractivity contribution in [2.24, 2.45) is 0 Å². The SMILES string of the molecule is CCCCCCCCCCCCCCCCCC(O)(CCCC)S(=O)(=O)[O-].[Na+]. The van der Waals surface area contributed by atoms with Crippen LogP contribution in [0.3, 0.4) is 0 Å². The van der Waals surface area contributed by atoms with Gasteiger partial charge >= 0.3 is 29.6 Å². The van der Waals surface area contributed by atoms with Crippen molar-refractivity contribution in [2.75, 3.05) is 0 Å². The van der Waals surface area contributed by atoms with Gasteiger partial charge in [0.05, 0.1) is 0 Å². The molecule has 0 aromatic heterocycles. The minimum absolute atomic E-state index is 0. The molecule has 0 saturated carbocycles. The standard InChI is InChI=1S/C22H46O4S.Na/c1-3-5-7-8-9-10-11-12-13-14-15-16-17-18-19-21-22(23,20-6-4-2)27(24,25)26;/h23H,3-21H2,1-2H3,(H,24,25,26);/q;+1/p-1. The molecular formula is C22H45NaO4S. The Morgan fingerprint density at radius 2 is 0.893 bits per heavy atom. The maximum atomic E-state index is 11.3. The van der Waals surface area contributed by atoms with E-state index < -0.39 is 15.1 Å². The Kier molecular flexibility index (Phi) is 22.0. The zero-order valence-corrected chi connectivity index (χ0v) is 21.8. The minimum atomic E-state index is -4.65. The molecule has 0 heterocycles. The van der Waals surface area contributed by atoms with Gasteiger partial charge in [0, 0.05) is 0 Å². The second kappa shape index (κ2) is 19.8. The van der Waals surface area contributed by atoms with E-state index in [1.807, 2.05) is 6.92 Å². The molecule has 0 fully saturated rings. The topological polar surface area (TPSA) is 77.4 Å². The van der Waals surface area contributed by atoms with Gasteiger partial charge in [-0.1, -0.05) is 110 Å². The number of unbranched alkanes of at least 4 members (excludes halogenated alkanes) is 15. The van der Waals surface area contributed by atoms with Gasteiger partial charge in [-0.05, 0) is 25.7 Å². The second-order valence-electron chi connectivity index (χ2n) is 8.20. The van der Waals surface area contributed by atoms with Gasteiger partial charge in [-0.15, -0.1) is 0 Å². The summed E-state index contributed by atoms with van der Waals surface area (Å²) in [6.45, 7) is 4.18. The molecule has 0 saturated heterocycles. The first-order valence-corrected chi connectivity index (χ1v) is 13.0. The average molecular weight is 429 g/mol. The summed E-state index contributed by atoms with van der Waals surface area (Å²) >= 11 is 0. The smallest absolute Gasteiger partial charge is 0.746 e. The summed E-state index contributed by atoms with van der Waals surface area (Å²) in [5.74, 6) is 0. The molecule has 0 spiro atoms. The summed E-state index contributed by atoms with van der Waals surface area (Å²) in [4.78, 5) is -2.06. The van der Waals surface area contributed by atoms with E-state index in [-0.39, 0.29) is 42.4 Å². The summed E-state index contributed by atoms with van der Waals surface area (Å²) in [6, 6.07) is 0. The van der Waals surface area contributed by atoms with Crippen LogP contribution in [-0.4, -0.2) is 23.0 Å². The molecule has 0 aliphatic heterocycles. The van der Waals surface area contributed by atoms with Gasteiger partial charge in [0.25, 0.3) is 0 Å². The normalized spacial score (nSPS) is 13.9. The molecule has 1 atom stereocenters. The summed E-state index contributed by atoms with van der Waals surface area (Å²) in [7, 11) is -4.65. The van der Waals surface area contributed by atoms with Crippen LogP contribution in [0.5, 0.6) is 0 Å². The minimum Gasteiger partial charge on any atom is -0.746 e. The molecule has 1 unspecified atom stereocenters. The average Bonchev–Trinajstić information content (AvgIpc) is 2.62. The molecule has 0 aromatic carbocycles. The number of hydrogen-bond acceptors (Lipinski definition) is 4.